The highest BCUT2D eigenvalue weighted by Crippen LogP contribution is 2.30. The average Bonchev–Trinajstić information content (AvgIpc) is 3.46. The molecule has 3 aromatic carbocycles. The van der Waals surface area contributed by atoms with E-state index in [4.69, 9.17) is 24.8 Å². The van der Waals surface area contributed by atoms with Gasteiger partial charge in [-0.1, -0.05) is 30.3 Å². The number of rotatable bonds is 4. The highest BCUT2D eigenvalue weighted by molar-refractivity contribution is 5.96. The monoisotopic (exact) mass is 657 g/mol. The quantitative estimate of drug-likeness (QED) is 0.174. The summed E-state index contributed by atoms with van der Waals surface area (Å²) in [5.74, 6) is -4.23. The molecule has 0 aliphatic heterocycles. The number of anilines is 2. The molecule has 3 N–H and O–H groups in total. The Morgan fingerprint density at radius 1 is 0.787 bits per heavy atom. The summed E-state index contributed by atoms with van der Waals surface area (Å²) < 4.78 is 65.2. The fourth-order valence-corrected chi connectivity index (χ4v) is 3.89. The third-order valence-corrected chi connectivity index (χ3v) is 6.00. The molecule has 0 unspecified atom stereocenters. The van der Waals surface area contributed by atoms with Crippen LogP contribution in [0.1, 0.15) is 5.82 Å². The number of pyridine rings is 1. The Labute approximate surface area is 260 Å². The number of hydrogen-bond acceptors (Lipinski definition) is 8. The van der Waals surface area contributed by atoms with Crippen molar-refractivity contribution in [2.45, 2.75) is 19.3 Å². The van der Waals surface area contributed by atoms with Crippen molar-refractivity contribution >= 4 is 45.4 Å². The molecule has 3 heterocycles. The minimum absolute atomic E-state index is 0.543. The van der Waals surface area contributed by atoms with Gasteiger partial charge in [0.05, 0.1) is 16.7 Å². The largest absolute Gasteiger partial charge is 0.490 e. The van der Waals surface area contributed by atoms with Crippen molar-refractivity contribution < 1.29 is 46.1 Å². The number of benzene rings is 3. The number of aryl methyl sites for hydroxylation is 1. The van der Waals surface area contributed by atoms with Crippen LogP contribution in [0.25, 0.3) is 38.6 Å². The Morgan fingerprint density at radius 2 is 1.43 bits per heavy atom. The lowest BCUT2D eigenvalue weighted by molar-refractivity contribution is -0.193. The molecule has 0 saturated carbocycles. The maximum atomic E-state index is 10.6. The van der Waals surface area contributed by atoms with Crippen LogP contribution in [0.5, 0.6) is 0 Å². The second-order valence-corrected chi connectivity index (χ2v) is 9.36. The summed E-state index contributed by atoms with van der Waals surface area (Å²) in [5.41, 5.74) is 5.85. The smallest absolute Gasteiger partial charge is 0.475 e. The van der Waals surface area contributed by atoms with Crippen LogP contribution >= 0.6 is 0 Å². The van der Waals surface area contributed by atoms with Gasteiger partial charge in [0.25, 0.3) is 0 Å². The molecule has 0 fully saturated rings. The van der Waals surface area contributed by atoms with Gasteiger partial charge >= 0.3 is 24.3 Å². The van der Waals surface area contributed by atoms with Crippen LogP contribution in [-0.4, -0.2) is 64.2 Å². The molecule has 17 heteroatoms. The Hall–Kier alpha value is -6.13. The molecule has 0 spiro atoms. The van der Waals surface area contributed by atoms with E-state index < -0.39 is 24.3 Å². The van der Waals surface area contributed by atoms with Gasteiger partial charge in [-0.2, -0.15) is 31.4 Å². The van der Waals surface area contributed by atoms with E-state index in [1.54, 1.807) is 11.0 Å². The summed E-state index contributed by atoms with van der Waals surface area (Å²) in [5, 5.41) is 24.0. The Balaban J connectivity index is 0.000000301. The number of carbonyl (C=O) groups is 2. The van der Waals surface area contributed by atoms with E-state index in [1.165, 1.54) is 0 Å². The van der Waals surface area contributed by atoms with Gasteiger partial charge in [0.15, 0.2) is 0 Å². The van der Waals surface area contributed by atoms with Gasteiger partial charge in [0.1, 0.15) is 12.2 Å². The molecule has 0 radical (unpaired) electrons. The van der Waals surface area contributed by atoms with Crippen LogP contribution < -0.4 is 5.32 Å². The number of aromatic nitrogens is 6. The van der Waals surface area contributed by atoms with Crippen molar-refractivity contribution in [2.75, 3.05) is 5.32 Å². The Kier molecular flexibility index (Phi) is 9.97. The summed E-state index contributed by atoms with van der Waals surface area (Å²) >= 11 is 0. The highest BCUT2D eigenvalue weighted by Gasteiger charge is 2.38. The van der Waals surface area contributed by atoms with E-state index >= 15 is 0 Å². The first kappa shape index (κ1) is 33.8. The first-order valence-corrected chi connectivity index (χ1v) is 13.1. The van der Waals surface area contributed by atoms with Crippen LogP contribution in [0, 0.1) is 6.92 Å². The van der Waals surface area contributed by atoms with Crippen molar-refractivity contribution in [1.82, 2.24) is 29.7 Å². The number of nitrogens with one attached hydrogen (secondary N) is 1. The lowest BCUT2D eigenvalue weighted by Crippen LogP contribution is -2.21. The predicted molar refractivity (Wildman–Crippen MR) is 157 cm³/mol. The summed E-state index contributed by atoms with van der Waals surface area (Å²) in [7, 11) is 0. The molecule has 242 valence electrons. The molecule has 11 nitrogen and oxygen atoms in total. The second kappa shape index (κ2) is 13.9. The van der Waals surface area contributed by atoms with Crippen LogP contribution in [0.4, 0.5) is 38.0 Å². The van der Waals surface area contributed by atoms with Gasteiger partial charge in [-0.15, -0.1) is 0 Å². The summed E-state index contributed by atoms with van der Waals surface area (Å²) in [4.78, 5) is 35.7. The van der Waals surface area contributed by atoms with Crippen LogP contribution in [-0.2, 0) is 9.59 Å². The molecule has 47 heavy (non-hydrogen) atoms. The van der Waals surface area contributed by atoms with Crippen LogP contribution in [0.2, 0.25) is 0 Å². The predicted octanol–water partition coefficient (Wildman–Crippen LogP) is 6.74. The van der Waals surface area contributed by atoms with Gasteiger partial charge in [-0.05, 0) is 55.0 Å². The zero-order chi connectivity index (χ0) is 34.4. The number of halogens is 6. The van der Waals surface area contributed by atoms with Crippen molar-refractivity contribution in [3.05, 3.63) is 97.3 Å². The number of alkyl halides is 6. The number of hydrogen-bond donors (Lipinski definition) is 3. The van der Waals surface area contributed by atoms with E-state index in [1.807, 2.05) is 67.8 Å². The standard InChI is InChI=1S/C26H19N7.2C2HF3O2/c1-17-29-16-33(32-17)22-10-8-21(9-11-22)30-26-28-15-20-4-2-6-23(25(20)31-26)18-7-12-24-19(14-18)5-3-13-27-24;2*3-2(4,5)1(6)7/h2-16H,1H3,(H,28,30,31);2*(H,6,7). The topological polar surface area (TPSA) is 156 Å². The molecule has 0 aliphatic rings. The first-order chi connectivity index (χ1) is 22.1. The summed E-state index contributed by atoms with van der Waals surface area (Å²) in [6.07, 6.45) is -4.80. The lowest BCUT2D eigenvalue weighted by Gasteiger charge is -2.10. The van der Waals surface area contributed by atoms with Crippen LogP contribution in [0.15, 0.2) is 91.5 Å². The molecule has 0 saturated heterocycles. The Morgan fingerprint density at radius 3 is 2.02 bits per heavy atom. The zero-order valence-electron chi connectivity index (χ0n) is 23.8. The molecular formula is C30H21F6N7O4. The van der Waals surface area contributed by atoms with Crippen molar-refractivity contribution in [2.24, 2.45) is 0 Å². The molecule has 3 aromatic heterocycles. The van der Waals surface area contributed by atoms with Crippen molar-refractivity contribution in [3.8, 4) is 16.8 Å². The average molecular weight is 658 g/mol. The number of fused-ring (bicyclic) bond motifs is 2. The maximum absolute atomic E-state index is 10.6. The molecule has 0 atom stereocenters. The van der Waals surface area contributed by atoms with Crippen LogP contribution in [0.3, 0.4) is 0 Å². The van der Waals surface area contributed by atoms with Crippen molar-refractivity contribution in [3.63, 3.8) is 0 Å². The van der Waals surface area contributed by atoms with Crippen molar-refractivity contribution in [1.29, 1.82) is 0 Å². The third kappa shape index (κ3) is 8.96. The SMILES string of the molecule is Cc1ncn(-c2ccc(Nc3ncc4cccc(-c5ccc6ncccc6c5)c4n3)cc2)n1.O=C(O)C(F)(F)F.O=C(O)C(F)(F)F. The van der Waals surface area contributed by atoms with E-state index in [0.717, 1.165) is 50.1 Å². The van der Waals surface area contributed by atoms with E-state index in [-0.39, 0.29) is 0 Å². The molecule has 0 bridgehead atoms. The number of carboxylic acid groups (broad SMARTS) is 2. The molecule has 0 amide bonds. The molecule has 6 rings (SSSR count). The first-order valence-electron chi connectivity index (χ1n) is 13.1. The maximum Gasteiger partial charge on any atom is 0.490 e. The third-order valence-electron chi connectivity index (χ3n) is 6.00. The van der Waals surface area contributed by atoms with Gasteiger partial charge in [-0.25, -0.2) is 29.2 Å². The minimum Gasteiger partial charge on any atom is -0.475 e. The molecule has 6 aromatic rings. The van der Waals surface area contributed by atoms with E-state index in [0.29, 0.717) is 5.95 Å². The molecular weight excluding hydrogens is 636 g/mol. The summed E-state index contributed by atoms with van der Waals surface area (Å²) in [6.45, 7) is 1.87. The number of carboxylic acids is 2. The second-order valence-electron chi connectivity index (χ2n) is 9.36. The van der Waals surface area contributed by atoms with Gasteiger partial charge < -0.3 is 15.5 Å². The minimum atomic E-state index is -5.08. The number of para-hydroxylation sites is 1. The highest BCUT2D eigenvalue weighted by atomic mass is 19.4. The van der Waals surface area contributed by atoms with Gasteiger partial charge in [-0.3, -0.25) is 4.98 Å². The zero-order valence-corrected chi connectivity index (χ0v) is 23.8. The van der Waals surface area contributed by atoms with Gasteiger partial charge in [0, 0.05) is 34.4 Å². The Bertz CT molecular complexity index is 2010. The van der Waals surface area contributed by atoms with Gasteiger partial charge in [0.2, 0.25) is 5.95 Å². The lowest BCUT2D eigenvalue weighted by atomic mass is 10.0. The number of nitrogens with zero attached hydrogens (tertiary/aromatic N) is 6. The van der Waals surface area contributed by atoms with E-state index in [2.05, 4.69) is 49.6 Å². The normalized spacial score (nSPS) is 11.2. The fraction of sp³-hybridized carbons (Fsp3) is 0.100. The molecule has 0 aliphatic carbocycles. The fourth-order valence-electron chi connectivity index (χ4n) is 3.89. The number of aliphatic carboxylic acids is 2. The summed E-state index contributed by atoms with van der Waals surface area (Å²) in [6, 6.07) is 24.4. The van der Waals surface area contributed by atoms with E-state index in [9.17, 15) is 26.3 Å².